The van der Waals surface area contributed by atoms with Crippen LogP contribution in [0.25, 0.3) is 16.9 Å². The SMILES string of the molecule is [B]c1cnn2c(NCC3CCN(C(Cc4ccccc4)C(=O)C=O)CC3)cc(-c3ccccc3O)nc12. The molecule has 9 heteroatoms. The summed E-state index contributed by atoms with van der Waals surface area (Å²) >= 11 is 0. The smallest absolute Gasteiger partial charge is 0.212 e. The van der Waals surface area contributed by atoms with E-state index in [0.29, 0.717) is 47.5 Å². The Bertz CT molecular complexity index is 1400. The molecule has 1 unspecified atom stereocenters. The van der Waals surface area contributed by atoms with Crippen molar-refractivity contribution in [3.63, 3.8) is 0 Å². The van der Waals surface area contributed by atoms with Gasteiger partial charge in [0.2, 0.25) is 5.78 Å². The molecule has 37 heavy (non-hydrogen) atoms. The van der Waals surface area contributed by atoms with Gasteiger partial charge in [-0.15, -0.1) is 0 Å². The number of aromatic hydroxyl groups is 1. The van der Waals surface area contributed by atoms with Gasteiger partial charge in [0.05, 0.1) is 11.7 Å². The number of phenolic OH excluding ortho intramolecular Hbond substituents is 1. The Kier molecular flexibility index (Phi) is 7.32. The molecule has 1 aliphatic heterocycles. The van der Waals surface area contributed by atoms with Gasteiger partial charge in [0, 0.05) is 24.4 Å². The van der Waals surface area contributed by atoms with Crippen LogP contribution in [0.3, 0.4) is 0 Å². The van der Waals surface area contributed by atoms with Crippen molar-refractivity contribution in [2.45, 2.75) is 25.3 Å². The normalized spacial score (nSPS) is 15.5. The minimum atomic E-state index is -0.429. The van der Waals surface area contributed by atoms with E-state index < -0.39 is 6.04 Å². The molecule has 1 aliphatic rings. The van der Waals surface area contributed by atoms with Crippen molar-refractivity contribution < 1.29 is 14.7 Å². The van der Waals surface area contributed by atoms with Gasteiger partial charge in [-0.1, -0.05) is 42.5 Å². The molecule has 1 fully saturated rings. The number of carbonyl (C=O) groups is 2. The van der Waals surface area contributed by atoms with E-state index in [0.717, 1.165) is 37.3 Å². The molecule has 0 aliphatic carbocycles. The highest BCUT2D eigenvalue weighted by molar-refractivity contribution is 6.36. The van der Waals surface area contributed by atoms with Crippen LogP contribution in [-0.2, 0) is 16.0 Å². The average molecular weight is 493 g/mol. The van der Waals surface area contributed by atoms with Crippen molar-refractivity contribution in [1.29, 1.82) is 0 Å². The van der Waals surface area contributed by atoms with E-state index in [1.54, 1.807) is 22.8 Å². The second-order valence-electron chi connectivity index (χ2n) is 9.47. The molecule has 2 radical (unpaired) electrons. The number of para-hydroxylation sites is 1. The Morgan fingerprint density at radius 1 is 1.14 bits per heavy atom. The summed E-state index contributed by atoms with van der Waals surface area (Å²) in [5.74, 6) is 0.892. The number of nitrogens with one attached hydrogen (secondary N) is 1. The van der Waals surface area contributed by atoms with Crippen LogP contribution in [0.5, 0.6) is 5.75 Å². The third-order valence-corrected chi connectivity index (χ3v) is 7.06. The minimum absolute atomic E-state index is 0.144. The first-order valence-corrected chi connectivity index (χ1v) is 12.5. The van der Waals surface area contributed by atoms with Crippen LogP contribution in [0.1, 0.15) is 18.4 Å². The summed E-state index contributed by atoms with van der Waals surface area (Å²) < 4.78 is 1.67. The van der Waals surface area contributed by atoms with E-state index in [1.807, 2.05) is 48.5 Å². The number of carbonyl (C=O) groups excluding carboxylic acids is 2. The van der Waals surface area contributed by atoms with Crippen LogP contribution in [-0.4, -0.2) is 70.2 Å². The largest absolute Gasteiger partial charge is 0.507 e. The number of aromatic nitrogens is 3. The fourth-order valence-corrected chi connectivity index (χ4v) is 4.98. The van der Waals surface area contributed by atoms with Crippen molar-refractivity contribution in [1.82, 2.24) is 19.5 Å². The molecular weight excluding hydrogens is 465 g/mol. The lowest BCUT2D eigenvalue weighted by Crippen LogP contribution is -2.48. The van der Waals surface area contributed by atoms with Crippen molar-refractivity contribution in [3.05, 3.63) is 72.4 Å². The third-order valence-electron chi connectivity index (χ3n) is 7.06. The van der Waals surface area contributed by atoms with Gasteiger partial charge in [-0.05, 0) is 61.4 Å². The predicted molar refractivity (Wildman–Crippen MR) is 143 cm³/mol. The number of benzene rings is 2. The van der Waals surface area contributed by atoms with Crippen LogP contribution in [0.2, 0.25) is 0 Å². The van der Waals surface area contributed by atoms with Gasteiger partial charge >= 0.3 is 0 Å². The predicted octanol–water partition coefficient (Wildman–Crippen LogP) is 2.40. The Balaban J connectivity index is 1.27. The second kappa shape index (κ2) is 11.0. The fraction of sp³-hybridized carbons (Fsp3) is 0.286. The zero-order valence-electron chi connectivity index (χ0n) is 20.5. The van der Waals surface area contributed by atoms with Crippen LogP contribution >= 0.6 is 0 Å². The van der Waals surface area contributed by atoms with Crippen molar-refractivity contribution in [2.75, 3.05) is 25.0 Å². The van der Waals surface area contributed by atoms with E-state index in [4.69, 9.17) is 7.85 Å². The first-order valence-electron chi connectivity index (χ1n) is 12.5. The van der Waals surface area contributed by atoms with Crippen molar-refractivity contribution >= 4 is 36.8 Å². The topological polar surface area (TPSA) is 99.8 Å². The minimum Gasteiger partial charge on any atom is -0.507 e. The molecule has 2 N–H and O–H groups in total. The zero-order chi connectivity index (χ0) is 25.8. The van der Waals surface area contributed by atoms with Gasteiger partial charge in [0.1, 0.15) is 19.4 Å². The summed E-state index contributed by atoms with van der Waals surface area (Å²) in [6.07, 6.45) is 4.34. The Hall–Kier alpha value is -3.98. The zero-order valence-corrected chi connectivity index (χ0v) is 20.5. The average Bonchev–Trinajstić information content (AvgIpc) is 3.31. The molecule has 3 heterocycles. The van der Waals surface area contributed by atoms with Crippen molar-refractivity contribution in [3.8, 4) is 17.0 Å². The standard InChI is InChI=1S/C28H28BN5O3/c29-22-17-31-34-27(15-23(32-28(22)34)21-8-4-5-9-25(21)36)30-16-20-10-12-33(13-11-20)24(26(37)18-35)14-19-6-2-1-3-7-19/h1-9,15,17-18,20,24,30,36H,10-14,16H2. The number of aldehydes is 1. The second-order valence-corrected chi connectivity index (χ2v) is 9.47. The number of ketones is 1. The quantitative estimate of drug-likeness (QED) is 0.210. The molecule has 2 aromatic carbocycles. The van der Waals surface area contributed by atoms with Gasteiger partial charge < -0.3 is 10.4 Å². The van der Waals surface area contributed by atoms with Gasteiger partial charge in [-0.25, -0.2) is 4.98 Å². The van der Waals surface area contributed by atoms with Gasteiger partial charge in [-0.2, -0.15) is 9.61 Å². The molecule has 0 saturated carbocycles. The highest BCUT2D eigenvalue weighted by Gasteiger charge is 2.29. The highest BCUT2D eigenvalue weighted by atomic mass is 16.3. The summed E-state index contributed by atoms with van der Waals surface area (Å²) in [5.41, 5.74) is 3.25. The summed E-state index contributed by atoms with van der Waals surface area (Å²) in [6, 6.07) is 18.3. The molecule has 186 valence electrons. The number of rotatable bonds is 9. The Morgan fingerprint density at radius 2 is 1.86 bits per heavy atom. The summed E-state index contributed by atoms with van der Waals surface area (Å²) in [4.78, 5) is 30.5. The lowest BCUT2D eigenvalue weighted by Gasteiger charge is -2.36. The van der Waals surface area contributed by atoms with E-state index in [2.05, 4.69) is 20.3 Å². The number of phenols is 1. The number of hydrogen-bond donors (Lipinski definition) is 2. The number of fused-ring (bicyclic) bond motifs is 1. The first-order chi connectivity index (χ1) is 18.0. The molecule has 0 bridgehead atoms. The molecular formula is C28H28BN5O3. The maximum Gasteiger partial charge on any atom is 0.212 e. The maximum atomic E-state index is 12.4. The first kappa shape index (κ1) is 24.7. The number of piperidine rings is 1. The number of hydrogen-bond acceptors (Lipinski definition) is 7. The number of likely N-dealkylation sites (tertiary alicyclic amines) is 1. The highest BCUT2D eigenvalue weighted by Crippen LogP contribution is 2.29. The molecule has 1 atom stereocenters. The van der Waals surface area contributed by atoms with Crippen LogP contribution in [0.15, 0.2) is 66.9 Å². The monoisotopic (exact) mass is 493 g/mol. The van der Waals surface area contributed by atoms with E-state index >= 15 is 0 Å². The molecule has 0 amide bonds. The third kappa shape index (κ3) is 5.41. The maximum absolute atomic E-state index is 12.4. The van der Waals surface area contributed by atoms with E-state index in [9.17, 15) is 14.7 Å². The number of nitrogens with zero attached hydrogens (tertiary/aromatic N) is 4. The molecule has 4 aromatic rings. The van der Waals surface area contributed by atoms with Gasteiger partial charge in [0.25, 0.3) is 0 Å². The molecule has 8 nitrogen and oxygen atoms in total. The summed E-state index contributed by atoms with van der Waals surface area (Å²) in [7, 11) is 6.11. The van der Waals surface area contributed by atoms with E-state index in [1.165, 1.54) is 0 Å². The number of anilines is 1. The molecule has 2 aromatic heterocycles. The molecule has 5 rings (SSSR count). The summed E-state index contributed by atoms with van der Waals surface area (Å²) in [5, 5.41) is 18.2. The molecule has 0 spiro atoms. The van der Waals surface area contributed by atoms with Crippen LogP contribution in [0, 0.1) is 5.92 Å². The lowest BCUT2D eigenvalue weighted by molar-refractivity contribution is -0.133. The Labute approximate surface area is 216 Å². The van der Waals surface area contributed by atoms with E-state index in [-0.39, 0.29) is 11.5 Å². The van der Waals surface area contributed by atoms with Crippen molar-refractivity contribution in [2.24, 2.45) is 5.92 Å². The van der Waals surface area contributed by atoms with Gasteiger partial charge in [0.15, 0.2) is 11.9 Å². The molecule has 1 saturated heterocycles. The van der Waals surface area contributed by atoms with Crippen LogP contribution < -0.4 is 10.8 Å². The summed E-state index contributed by atoms with van der Waals surface area (Å²) in [6.45, 7) is 2.19. The van der Waals surface area contributed by atoms with Crippen LogP contribution in [0.4, 0.5) is 5.82 Å². The number of Topliss-reactive ketones (excluding diaryl/α,β-unsaturated/α-hetero) is 1. The lowest BCUT2D eigenvalue weighted by atomic mass is 9.93. The van der Waals surface area contributed by atoms with Gasteiger partial charge in [-0.3, -0.25) is 14.5 Å². The fourth-order valence-electron chi connectivity index (χ4n) is 4.98. The Morgan fingerprint density at radius 3 is 2.59 bits per heavy atom.